The third-order valence-electron chi connectivity index (χ3n) is 6.09. The van der Waals surface area contributed by atoms with Gasteiger partial charge in [0.2, 0.25) is 0 Å². The van der Waals surface area contributed by atoms with Gasteiger partial charge in [-0.05, 0) is 26.3 Å². The van der Waals surface area contributed by atoms with Gasteiger partial charge in [-0.25, -0.2) is 9.18 Å². The molecule has 0 radical (unpaired) electrons. The van der Waals surface area contributed by atoms with Crippen molar-refractivity contribution >= 4 is 16.6 Å². The topological polar surface area (TPSA) is 93.3 Å². The van der Waals surface area contributed by atoms with Gasteiger partial charge in [-0.2, -0.15) is 13.2 Å². The van der Waals surface area contributed by atoms with Gasteiger partial charge in [0, 0.05) is 30.6 Å². The highest BCUT2D eigenvalue weighted by Gasteiger charge is 2.50. The van der Waals surface area contributed by atoms with Crippen LogP contribution in [0.2, 0.25) is 0 Å². The maximum Gasteiger partial charge on any atom is 0.393 e. The Labute approximate surface area is 168 Å². The molecule has 0 spiro atoms. The summed E-state index contributed by atoms with van der Waals surface area (Å²) in [5, 5.41) is -0.121. The molecule has 7 nitrogen and oxygen atoms in total. The number of H-pyrrole nitrogens is 1. The van der Waals surface area contributed by atoms with Crippen molar-refractivity contribution in [2.45, 2.75) is 32.0 Å². The van der Waals surface area contributed by atoms with Crippen LogP contribution in [0.3, 0.4) is 0 Å². The number of nitrogens with one attached hydrogen (secondary N) is 1. The molecule has 4 rings (SSSR count). The number of alkyl halides is 3. The van der Waals surface area contributed by atoms with Gasteiger partial charge < -0.3 is 15.4 Å². The molecule has 2 atom stereocenters. The van der Waals surface area contributed by atoms with E-state index >= 15 is 4.39 Å². The number of nitrogens with two attached hydrogens (primary N) is 1. The second kappa shape index (κ2) is 7.00. The van der Waals surface area contributed by atoms with E-state index < -0.39 is 41.6 Å². The van der Waals surface area contributed by atoms with Gasteiger partial charge in [-0.15, -0.1) is 0 Å². The Hall–Kier alpha value is -2.56. The number of halogens is 4. The zero-order valence-electron chi connectivity index (χ0n) is 16.5. The largest absolute Gasteiger partial charge is 0.493 e. The molecule has 1 aromatic heterocycles. The minimum absolute atomic E-state index is 0.0933. The molecule has 2 aromatic rings. The number of ether oxygens (including phenoxy) is 1. The number of benzene rings is 1. The van der Waals surface area contributed by atoms with E-state index in [9.17, 15) is 22.8 Å². The summed E-state index contributed by atoms with van der Waals surface area (Å²) in [5.41, 5.74) is 4.46. The molecule has 1 saturated heterocycles. The number of anilines is 1. The van der Waals surface area contributed by atoms with Crippen molar-refractivity contribution in [1.82, 2.24) is 9.55 Å². The number of aromatic amines is 1. The Balaban J connectivity index is 1.99. The Kier molecular flexibility index (Phi) is 4.83. The molecular weight excluding hydrogens is 408 g/mol. The molecule has 11 heteroatoms. The number of rotatable bonds is 4. The number of hydrogen-bond acceptors (Lipinski definition) is 5. The van der Waals surface area contributed by atoms with E-state index in [4.69, 9.17) is 10.5 Å². The van der Waals surface area contributed by atoms with Crippen molar-refractivity contribution in [3.8, 4) is 5.75 Å². The molecule has 2 unspecified atom stereocenters. The first-order valence-corrected chi connectivity index (χ1v) is 9.66. The predicted molar refractivity (Wildman–Crippen MR) is 103 cm³/mol. The van der Waals surface area contributed by atoms with Gasteiger partial charge in [0.15, 0.2) is 11.6 Å². The number of fused-ring (bicyclic) bond motifs is 1. The molecule has 1 aliphatic carbocycles. The Morgan fingerprint density at radius 3 is 2.40 bits per heavy atom. The Bertz CT molecular complexity index is 1120. The summed E-state index contributed by atoms with van der Waals surface area (Å²) in [7, 11) is 1.17. The molecule has 1 saturated carbocycles. The summed E-state index contributed by atoms with van der Waals surface area (Å²) < 4.78 is 62.5. The fraction of sp³-hybridized carbons (Fsp3) is 0.579. The van der Waals surface area contributed by atoms with E-state index in [1.54, 1.807) is 0 Å². The molecular formula is C19H22F4N4O3. The minimum Gasteiger partial charge on any atom is -0.493 e. The molecule has 2 heterocycles. The van der Waals surface area contributed by atoms with E-state index in [1.807, 2.05) is 0 Å². The number of aromatic nitrogens is 2. The molecule has 0 bridgehead atoms. The maximum atomic E-state index is 15.5. The third kappa shape index (κ3) is 3.06. The van der Waals surface area contributed by atoms with Crippen LogP contribution in [0, 0.1) is 24.6 Å². The van der Waals surface area contributed by atoms with E-state index in [0.717, 1.165) is 0 Å². The fourth-order valence-electron chi connectivity index (χ4n) is 4.53. The van der Waals surface area contributed by atoms with Crippen LogP contribution in [0.25, 0.3) is 10.9 Å². The lowest BCUT2D eigenvalue weighted by Crippen LogP contribution is -2.33. The zero-order chi connectivity index (χ0) is 22.0. The summed E-state index contributed by atoms with van der Waals surface area (Å²) in [4.78, 5) is 28.5. The van der Waals surface area contributed by atoms with Crippen molar-refractivity contribution in [3.05, 3.63) is 32.2 Å². The van der Waals surface area contributed by atoms with E-state index in [-0.39, 0.29) is 47.0 Å². The van der Waals surface area contributed by atoms with Crippen molar-refractivity contribution in [3.63, 3.8) is 0 Å². The van der Waals surface area contributed by atoms with Gasteiger partial charge in [0.1, 0.15) is 5.39 Å². The highest BCUT2D eigenvalue weighted by Crippen LogP contribution is 2.45. The van der Waals surface area contributed by atoms with Gasteiger partial charge >= 0.3 is 11.9 Å². The standard InChI is InChI=1S/C19H22F4N4O3/c1-8-14-12(17(28)25-18(29)27(14)10-3-4-10)16(30-2)13(20)15(8)26-6-9(5-24)11(7-26)19(21,22)23/h9-11H,3-7,24H2,1-2H3,(H,25,28,29). The molecule has 30 heavy (non-hydrogen) atoms. The van der Waals surface area contributed by atoms with E-state index in [1.165, 1.54) is 23.5 Å². The Morgan fingerprint density at radius 2 is 1.90 bits per heavy atom. The molecule has 2 aliphatic rings. The maximum absolute atomic E-state index is 15.5. The first-order chi connectivity index (χ1) is 14.1. The highest BCUT2D eigenvalue weighted by molar-refractivity contribution is 5.93. The summed E-state index contributed by atoms with van der Waals surface area (Å²) in [6.07, 6.45) is -3.05. The Morgan fingerprint density at radius 1 is 1.23 bits per heavy atom. The third-order valence-corrected chi connectivity index (χ3v) is 6.09. The average molecular weight is 430 g/mol. The van der Waals surface area contributed by atoms with Gasteiger partial charge in [-0.3, -0.25) is 14.3 Å². The second-order valence-electron chi connectivity index (χ2n) is 7.95. The molecule has 1 aliphatic heterocycles. The van der Waals surface area contributed by atoms with Gasteiger partial charge in [0.05, 0.1) is 24.2 Å². The average Bonchev–Trinajstić information content (AvgIpc) is 3.39. The van der Waals surface area contributed by atoms with Crippen LogP contribution in [0.4, 0.5) is 23.2 Å². The SMILES string of the molecule is COc1c(F)c(N2CC(CN)C(C(F)(F)F)C2)c(C)c2c1c(=O)[nH]c(=O)n2C1CC1. The molecule has 3 N–H and O–H groups in total. The van der Waals surface area contributed by atoms with Crippen LogP contribution < -0.4 is 26.6 Å². The normalized spacial score (nSPS) is 22.2. The molecule has 0 amide bonds. The molecule has 2 fully saturated rings. The number of aryl methyl sites for hydroxylation is 1. The lowest BCUT2D eigenvalue weighted by atomic mass is 9.96. The van der Waals surface area contributed by atoms with Gasteiger partial charge in [-0.1, -0.05) is 0 Å². The number of methoxy groups -OCH3 is 1. The number of nitrogens with zero attached hydrogens (tertiary/aromatic N) is 2. The van der Waals surface area contributed by atoms with Crippen LogP contribution in [-0.2, 0) is 0 Å². The number of hydrogen-bond donors (Lipinski definition) is 2. The van der Waals surface area contributed by atoms with Crippen LogP contribution in [0.1, 0.15) is 24.4 Å². The van der Waals surface area contributed by atoms with Crippen LogP contribution in [-0.4, -0.2) is 42.5 Å². The molecule has 1 aromatic carbocycles. The first kappa shape index (κ1) is 20.7. The van der Waals surface area contributed by atoms with Crippen molar-refractivity contribution in [2.75, 3.05) is 31.6 Å². The summed E-state index contributed by atoms with van der Waals surface area (Å²) in [5.74, 6) is -3.91. The van der Waals surface area contributed by atoms with Crippen molar-refractivity contribution in [2.24, 2.45) is 17.6 Å². The summed E-state index contributed by atoms with van der Waals surface area (Å²) >= 11 is 0. The zero-order valence-corrected chi connectivity index (χ0v) is 16.5. The molecule has 164 valence electrons. The quantitative estimate of drug-likeness (QED) is 0.725. The first-order valence-electron chi connectivity index (χ1n) is 9.66. The lowest BCUT2D eigenvalue weighted by molar-refractivity contribution is -0.178. The fourth-order valence-corrected chi connectivity index (χ4v) is 4.53. The van der Waals surface area contributed by atoms with Crippen LogP contribution in [0.15, 0.2) is 9.59 Å². The predicted octanol–water partition coefficient (Wildman–Crippen LogP) is 2.05. The van der Waals surface area contributed by atoms with Crippen molar-refractivity contribution < 1.29 is 22.3 Å². The smallest absolute Gasteiger partial charge is 0.393 e. The monoisotopic (exact) mass is 430 g/mol. The minimum atomic E-state index is -4.47. The van der Waals surface area contributed by atoms with Gasteiger partial charge in [0.25, 0.3) is 5.56 Å². The van der Waals surface area contributed by atoms with Crippen LogP contribution in [0.5, 0.6) is 5.75 Å². The van der Waals surface area contributed by atoms with E-state index in [0.29, 0.717) is 12.8 Å². The summed E-state index contributed by atoms with van der Waals surface area (Å²) in [6.45, 7) is 0.757. The van der Waals surface area contributed by atoms with Crippen molar-refractivity contribution in [1.29, 1.82) is 0 Å². The summed E-state index contributed by atoms with van der Waals surface area (Å²) in [6, 6.07) is -0.156. The van der Waals surface area contributed by atoms with Crippen LogP contribution >= 0.6 is 0 Å². The van der Waals surface area contributed by atoms with E-state index in [2.05, 4.69) is 4.98 Å². The highest BCUT2D eigenvalue weighted by atomic mass is 19.4. The lowest BCUT2D eigenvalue weighted by Gasteiger charge is -2.25. The second-order valence-corrected chi connectivity index (χ2v) is 7.95.